The van der Waals surface area contributed by atoms with Crippen LogP contribution in [0.5, 0.6) is 0 Å². The van der Waals surface area contributed by atoms with Crippen molar-refractivity contribution in [2.24, 2.45) is 5.92 Å². The number of carbonyl (C=O) groups is 3. The van der Waals surface area contributed by atoms with Gasteiger partial charge in [0.25, 0.3) is 0 Å². The van der Waals surface area contributed by atoms with Crippen LogP contribution in [-0.2, 0) is 28.6 Å². The lowest BCUT2D eigenvalue weighted by Gasteiger charge is -2.26. The Balaban J connectivity index is 1.97. The smallest absolute Gasteiger partial charge is 0.334 e. The van der Waals surface area contributed by atoms with Crippen molar-refractivity contribution >= 4 is 17.9 Å². The van der Waals surface area contributed by atoms with E-state index < -0.39 is 36.0 Å². The van der Waals surface area contributed by atoms with Gasteiger partial charge < -0.3 is 14.2 Å². The van der Waals surface area contributed by atoms with Crippen molar-refractivity contribution in [2.45, 2.75) is 51.4 Å². The third kappa shape index (κ3) is 3.36. The summed E-state index contributed by atoms with van der Waals surface area (Å²) in [7, 11) is 0. The fraction of sp³-hybridized carbons (Fsp3) is 0.450. The fourth-order valence-electron chi connectivity index (χ4n) is 3.46. The molecule has 0 aromatic rings. The van der Waals surface area contributed by atoms with Crippen molar-refractivity contribution in [2.75, 3.05) is 0 Å². The molecule has 0 amide bonds. The molecule has 1 aliphatic carbocycles. The Kier molecular flexibility index (Phi) is 4.85. The van der Waals surface area contributed by atoms with Crippen LogP contribution < -0.4 is 0 Å². The van der Waals surface area contributed by atoms with E-state index in [-0.39, 0.29) is 18.1 Å². The van der Waals surface area contributed by atoms with Gasteiger partial charge in [0.15, 0.2) is 0 Å². The summed E-state index contributed by atoms with van der Waals surface area (Å²) in [5.41, 5.74) is 1.95. The topological polar surface area (TPSA) is 78.9 Å². The summed E-state index contributed by atoms with van der Waals surface area (Å²) in [6.07, 6.45) is 3.03. The zero-order chi connectivity index (χ0) is 19.0. The van der Waals surface area contributed by atoms with E-state index in [0.29, 0.717) is 24.0 Å². The Labute approximate surface area is 152 Å². The van der Waals surface area contributed by atoms with Crippen molar-refractivity contribution in [3.05, 3.63) is 47.6 Å². The Bertz CT molecular complexity index is 756. The first kappa shape index (κ1) is 18.2. The lowest BCUT2D eigenvalue weighted by molar-refractivity contribution is -0.146. The van der Waals surface area contributed by atoms with E-state index in [1.165, 1.54) is 0 Å². The van der Waals surface area contributed by atoms with E-state index in [1.54, 1.807) is 12.2 Å². The minimum absolute atomic E-state index is 0.209. The molecule has 0 saturated carbocycles. The van der Waals surface area contributed by atoms with Gasteiger partial charge in [-0.05, 0) is 25.5 Å². The summed E-state index contributed by atoms with van der Waals surface area (Å²) in [6.45, 7) is 11.2. The number of hydrogen-bond acceptors (Lipinski definition) is 6. The van der Waals surface area contributed by atoms with Crippen LogP contribution in [0.3, 0.4) is 0 Å². The van der Waals surface area contributed by atoms with Crippen molar-refractivity contribution < 1.29 is 28.6 Å². The molecule has 1 saturated heterocycles. The SMILES string of the molecule is C=C(CC)C(=O)OC1/C=C(\C)C[C@@H]2C=C(CC3OC(=O)C(=C)[C@@H]13)C(=O)O2. The Hall–Kier alpha value is -2.63. The molecule has 0 spiro atoms. The average molecular weight is 358 g/mol. The number of fused-ring (bicyclic) bond motifs is 2. The summed E-state index contributed by atoms with van der Waals surface area (Å²) in [5.74, 6) is -2.01. The number of carbonyl (C=O) groups excluding carboxylic acids is 3. The summed E-state index contributed by atoms with van der Waals surface area (Å²) in [6, 6.07) is 0. The van der Waals surface area contributed by atoms with E-state index in [0.717, 1.165) is 5.57 Å². The van der Waals surface area contributed by atoms with Gasteiger partial charge in [-0.15, -0.1) is 0 Å². The molecule has 3 aliphatic rings. The second-order valence-electron chi connectivity index (χ2n) is 6.88. The molecular formula is C20H22O6. The van der Waals surface area contributed by atoms with Crippen LogP contribution in [0, 0.1) is 5.92 Å². The van der Waals surface area contributed by atoms with Gasteiger partial charge in [-0.3, -0.25) is 0 Å². The van der Waals surface area contributed by atoms with Gasteiger partial charge in [-0.1, -0.05) is 25.7 Å². The van der Waals surface area contributed by atoms with Crippen LogP contribution in [-0.4, -0.2) is 36.2 Å². The molecular weight excluding hydrogens is 336 g/mol. The van der Waals surface area contributed by atoms with Crippen molar-refractivity contribution in [1.82, 2.24) is 0 Å². The normalized spacial score (nSPS) is 32.6. The molecule has 4 atom stereocenters. The van der Waals surface area contributed by atoms with Crippen molar-refractivity contribution in [3.8, 4) is 0 Å². The van der Waals surface area contributed by atoms with Crippen LogP contribution in [0.4, 0.5) is 0 Å². The molecule has 2 aliphatic heterocycles. The standard InChI is InChI=1S/C20H22O6/c1-5-11(3)18(21)25-15-7-10(2)6-14-8-13(20(23)24-14)9-16-17(15)12(4)19(22)26-16/h7-8,14-17H,3-6,9H2,1-2H3/b10-7+/t14-,15?,16?,17+/m1/s1. The summed E-state index contributed by atoms with van der Waals surface area (Å²) in [4.78, 5) is 36.4. The molecule has 3 rings (SSSR count). The molecule has 0 N–H and O–H groups in total. The molecule has 6 heteroatoms. The van der Waals surface area contributed by atoms with E-state index >= 15 is 0 Å². The van der Waals surface area contributed by atoms with Gasteiger partial charge in [0.05, 0.1) is 5.92 Å². The molecule has 2 heterocycles. The molecule has 0 aromatic carbocycles. The zero-order valence-electron chi connectivity index (χ0n) is 14.9. The van der Waals surface area contributed by atoms with Crippen LogP contribution in [0.2, 0.25) is 0 Å². The molecule has 138 valence electrons. The minimum Gasteiger partial charge on any atom is -0.458 e. The van der Waals surface area contributed by atoms with Crippen LogP contribution in [0.15, 0.2) is 47.6 Å². The van der Waals surface area contributed by atoms with Gasteiger partial charge >= 0.3 is 17.9 Å². The quantitative estimate of drug-likeness (QED) is 0.334. The van der Waals surface area contributed by atoms with Crippen molar-refractivity contribution in [3.63, 3.8) is 0 Å². The number of hydrogen-bond donors (Lipinski definition) is 0. The molecule has 2 unspecified atom stereocenters. The highest BCUT2D eigenvalue weighted by Crippen LogP contribution is 2.38. The zero-order valence-corrected chi connectivity index (χ0v) is 14.9. The second-order valence-corrected chi connectivity index (χ2v) is 6.88. The van der Waals surface area contributed by atoms with Gasteiger partial charge in [0.2, 0.25) is 0 Å². The molecule has 1 fully saturated rings. The molecule has 0 aromatic heterocycles. The van der Waals surface area contributed by atoms with Gasteiger partial charge in [0.1, 0.15) is 18.3 Å². The first-order valence-electron chi connectivity index (χ1n) is 8.67. The number of ether oxygens (including phenoxy) is 3. The lowest BCUT2D eigenvalue weighted by Crippen LogP contribution is -2.33. The van der Waals surface area contributed by atoms with E-state index in [1.807, 2.05) is 13.8 Å². The predicted octanol–water partition coefficient (Wildman–Crippen LogP) is 2.55. The first-order chi connectivity index (χ1) is 12.3. The van der Waals surface area contributed by atoms with Gasteiger partial charge in [-0.25, -0.2) is 14.4 Å². The van der Waals surface area contributed by atoms with Crippen molar-refractivity contribution in [1.29, 1.82) is 0 Å². The molecule has 0 radical (unpaired) electrons. The number of esters is 3. The summed E-state index contributed by atoms with van der Waals surface area (Å²) < 4.78 is 16.4. The van der Waals surface area contributed by atoms with E-state index in [4.69, 9.17) is 14.2 Å². The summed E-state index contributed by atoms with van der Waals surface area (Å²) in [5, 5.41) is 0. The highest BCUT2D eigenvalue weighted by molar-refractivity contribution is 5.93. The second kappa shape index (κ2) is 6.94. The highest BCUT2D eigenvalue weighted by Gasteiger charge is 2.46. The minimum atomic E-state index is -0.719. The third-order valence-corrected chi connectivity index (χ3v) is 4.94. The summed E-state index contributed by atoms with van der Waals surface area (Å²) >= 11 is 0. The maximum Gasteiger partial charge on any atom is 0.334 e. The van der Waals surface area contributed by atoms with E-state index in [2.05, 4.69) is 13.2 Å². The monoisotopic (exact) mass is 358 g/mol. The van der Waals surface area contributed by atoms with Crippen LogP contribution in [0.25, 0.3) is 0 Å². The number of rotatable bonds is 3. The maximum absolute atomic E-state index is 12.3. The van der Waals surface area contributed by atoms with E-state index in [9.17, 15) is 14.4 Å². The highest BCUT2D eigenvalue weighted by atomic mass is 16.6. The Morgan fingerprint density at radius 2 is 1.96 bits per heavy atom. The Morgan fingerprint density at radius 3 is 2.65 bits per heavy atom. The third-order valence-electron chi connectivity index (χ3n) is 4.94. The maximum atomic E-state index is 12.3. The molecule has 2 bridgehead atoms. The van der Waals surface area contributed by atoms with Gasteiger partial charge in [0, 0.05) is 29.6 Å². The Morgan fingerprint density at radius 1 is 1.23 bits per heavy atom. The molecule has 26 heavy (non-hydrogen) atoms. The fourth-order valence-corrected chi connectivity index (χ4v) is 3.46. The lowest BCUT2D eigenvalue weighted by atomic mass is 9.85. The predicted molar refractivity (Wildman–Crippen MR) is 92.8 cm³/mol. The average Bonchev–Trinajstić information content (AvgIpc) is 3.05. The van der Waals surface area contributed by atoms with Gasteiger partial charge in [-0.2, -0.15) is 0 Å². The largest absolute Gasteiger partial charge is 0.458 e. The van der Waals surface area contributed by atoms with Crippen LogP contribution in [0.1, 0.15) is 33.1 Å². The van der Waals surface area contributed by atoms with Crippen LogP contribution >= 0.6 is 0 Å². The first-order valence-corrected chi connectivity index (χ1v) is 8.67. The molecule has 6 nitrogen and oxygen atoms in total.